The molecule has 0 atom stereocenters. The number of furan rings is 1. The van der Waals surface area contributed by atoms with Crippen molar-refractivity contribution in [2.75, 3.05) is 4.90 Å². The number of rotatable bonds is 5. The maximum absolute atomic E-state index is 6.59. The highest BCUT2D eigenvalue weighted by Gasteiger charge is 2.22. The lowest BCUT2D eigenvalue weighted by molar-refractivity contribution is 0.670. The molecule has 50 heavy (non-hydrogen) atoms. The van der Waals surface area contributed by atoms with E-state index in [0.29, 0.717) is 0 Å². The molecule has 1 aromatic heterocycles. The largest absolute Gasteiger partial charge is 0.455 e. The van der Waals surface area contributed by atoms with Gasteiger partial charge in [-0.3, -0.25) is 0 Å². The molecule has 9 aromatic carbocycles. The molecule has 0 aliphatic heterocycles. The fraction of sp³-hybridized carbons (Fsp3) is 0. The van der Waals surface area contributed by atoms with E-state index in [9.17, 15) is 0 Å². The van der Waals surface area contributed by atoms with Gasteiger partial charge in [0.2, 0.25) is 0 Å². The Morgan fingerprint density at radius 2 is 0.920 bits per heavy atom. The lowest BCUT2D eigenvalue weighted by Gasteiger charge is -2.29. The molecule has 234 valence electrons. The molecule has 0 N–H and O–H groups in total. The van der Waals surface area contributed by atoms with E-state index in [1.807, 2.05) is 6.07 Å². The predicted octanol–water partition coefficient (Wildman–Crippen LogP) is 13.8. The Hall–Kier alpha value is -6.64. The van der Waals surface area contributed by atoms with Crippen molar-refractivity contribution in [1.82, 2.24) is 0 Å². The minimum Gasteiger partial charge on any atom is -0.455 e. The maximum atomic E-state index is 6.59. The van der Waals surface area contributed by atoms with Crippen LogP contribution in [0, 0.1) is 0 Å². The molecular weight excluding hydrogens is 607 g/mol. The monoisotopic (exact) mass is 637 g/mol. The van der Waals surface area contributed by atoms with Gasteiger partial charge in [-0.05, 0) is 68.4 Å². The molecule has 0 bridgehead atoms. The van der Waals surface area contributed by atoms with Crippen LogP contribution >= 0.6 is 0 Å². The van der Waals surface area contributed by atoms with E-state index in [1.165, 1.54) is 43.4 Å². The summed E-state index contributed by atoms with van der Waals surface area (Å²) in [6.45, 7) is 0. The van der Waals surface area contributed by atoms with Crippen LogP contribution in [0.4, 0.5) is 17.1 Å². The molecule has 0 amide bonds. The van der Waals surface area contributed by atoms with E-state index in [0.717, 1.165) is 50.1 Å². The number of para-hydroxylation sites is 3. The summed E-state index contributed by atoms with van der Waals surface area (Å²) in [7, 11) is 0. The van der Waals surface area contributed by atoms with Gasteiger partial charge >= 0.3 is 0 Å². The minimum absolute atomic E-state index is 0.897. The quantitative estimate of drug-likeness (QED) is 0.175. The Labute approximate surface area is 290 Å². The van der Waals surface area contributed by atoms with Crippen LogP contribution in [0.25, 0.3) is 76.5 Å². The average Bonchev–Trinajstić information content (AvgIpc) is 3.57. The number of benzene rings is 9. The highest BCUT2D eigenvalue weighted by molar-refractivity contribution is 6.16. The second-order valence-corrected chi connectivity index (χ2v) is 12.9. The van der Waals surface area contributed by atoms with Crippen molar-refractivity contribution in [3.05, 3.63) is 188 Å². The van der Waals surface area contributed by atoms with Gasteiger partial charge in [0.25, 0.3) is 0 Å². The molecule has 10 aromatic rings. The van der Waals surface area contributed by atoms with Crippen molar-refractivity contribution < 1.29 is 4.42 Å². The third-order valence-corrected chi connectivity index (χ3v) is 10.1. The van der Waals surface area contributed by atoms with Crippen LogP contribution < -0.4 is 4.90 Å². The van der Waals surface area contributed by atoms with Crippen molar-refractivity contribution in [2.24, 2.45) is 0 Å². The van der Waals surface area contributed by atoms with Crippen molar-refractivity contribution in [3.8, 4) is 22.3 Å². The fourth-order valence-electron chi connectivity index (χ4n) is 7.75. The van der Waals surface area contributed by atoms with E-state index >= 15 is 0 Å². The highest BCUT2D eigenvalue weighted by Crippen LogP contribution is 2.47. The number of hydrogen-bond acceptors (Lipinski definition) is 2. The zero-order valence-corrected chi connectivity index (χ0v) is 27.3. The number of fused-ring (bicyclic) bond motifs is 7. The van der Waals surface area contributed by atoms with E-state index in [-0.39, 0.29) is 0 Å². The molecule has 0 saturated carbocycles. The first-order valence-electron chi connectivity index (χ1n) is 17.1. The molecule has 1 heterocycles. The van der Waals surface area contributed by atoms with Gasteiger partial charge in [0.05, 0.1) is 11.4 Å². The Bertz CT molecular complexity index is 2870. The second-order valence-electron chi connectivity index (χ2n) is 12.9. The summed E-state index contributed by atoms with van der Waals surface area (Å²) in [5.41, 5.74) is 9.68. The molecule has 0 aliphatic rings. The lowest BCUT2D eigenvalue weighted by atomic mass is 9.96. The summed E-state index contributed by atoms with van der Waals surface area (Å²) in [6.07, 6.45) is 0. The lowest BCUT2D eigenvalue weighted by Crippen LogP contribution is -2.12. The highest BCUT2D eigenvalue weighted by atomic mass is 16.3. The van der Waals surface area contributed by atoms with Crippen LogP contribution in [0.15, 0.2) is 192 Å². The van der Waals surface area contributed by atoms with E-state index in [2.05, 4.69) is 187 Å². The van der Waals surface area contributed by atoms with Gasteiger partial charge < -0.3 is 9.32 Å². The molecule has 0 fully saturated rings. The van der Waals surface area contributed by atoms with Crippen LogP contribution in [-0.2, 0) is 0 Å². The van der Waals surface area contributed by atoms with Crippen LogP contribution in [0.5, 0.6) is 0 Å². The first kappa shape index (κ1) is 28.4. The van der Waals surface area contributed by atoms with Crippen molar-refractivity contribution in [2.45, 2.75) is 0 Å². The molecule has 10 rings (SSSR count). The normalized spacial score (nSPS) is 11.6. The third kappa shape index (κ3) is 4.50. The molecular formula is C48H31NO. The minimum atomic E-state index is 0.897. The topological polar surface area (TPSA) is 16.4 Å². The summed E-state index contributed by atoms with van der Waals surface area (Å²) in [5.74, 6) is 0. The van der Waals surface area contributed by atoms with Crippen molar-refractivity contribution in [1.29, 1.82) is 0 Å². The maximum Gasteiger partial charge on any atom is 0.143 e. The van der Waals surface area contributed by atoms with Gasteiger partial charge in [-0.1, -0.05) is 158 Å². The molecule has 0 aliphatic carbocycles. The smallest absolute Gasteiger partial charge is 0.143 e. The van der Waals surface area contributed by atoms with Crippen LogP contribution in [0.2, 0.25) is 0 Å². The Morgan fingerprint density at radius 3 is 1.78 bits per heavy atom. The molecule has 0 unspecified atom stereocenters. The summed E-state index contributed by atoms with van der Waals surface area (Å²) < 4.78 is 6.59. The van der Waals surface area contributed by atoms with Gasteiger partial charge in [0.1, 0.15) is 11.2 Å². The summed E-state index contributed by atoms with van der Waals surface area (Å²) in [5, 5.41) is 9.62. The standard InChI is InChI=1S/C48H31NO/c1-3-16-36-32(13-1)15-11-22-37(36)33-27-29-35(30-28-33)49(46-31-34-14-2-4-17-38(34)39-18-5-6-19-40(39)46)45-25-9-7-20-41(45)43-23-12-24-44-42-21-8-10-26-47(42)50-48(43)44/h1-31H. The van der Waals surface area contributed by atoms with E-state index < -0.39 is 0 Å². The van der Waals surface area contributed by atoms with Gasteiger partial charge in [-0.25, -0.2) is 0 Å². The van der Waals surface area contributed by atoms with Crippen molar-refractivity contribution >= 4 is 71.3 Å². The first-order chi connectivity index (χ1) is 24.8. The van der Waals surface area contributed by atoms with E-state index in [1.54, 1.807) is 0 Å². The second kappa shape index (κ2) is 11.5. The summed E-state index contributed by atoms with van der Waals surface area (Å²) in [6, 6.07) is 67.5. The fourth-order valence-corrected chi connectivity index (χ4v) is 7.75. The Balaban J connectivity index is 1.24. The van der Waals surface area contributed by atoms with E-state index in [4.69, 9.17) is 4.42 Å². The van der Waals surface area contributed by atoms with Crippen molar-refractivity contribution in [3.63, 3.8) is 0 Å². The zero-order chi connectivity index (χ0) is 33.0. The predicted molar refractivity (Wildman–Crippen MR) is 212 cm³/mol. The number of hydrogen-bond donors (Lipinski definition) is 0. The first-order valence-corrected chi connectivity index (χ1v) is 17.1. The van der Waals surface area contributed by atoms with Gasteiger partial charge in [0, 0.05) is 33.0 Å². The van der Waals surface area contributed by atoms with Crippen LogP contribution in [0.1, 0.15) is 0 Å². The Kier molecular flexibility index (Phi) is 6.53. The Morgan fingerprint density at radius 1 is 0.340 bits per heavy atom. The molecule has 0 spiro atoms. The molecule has 0 radical (unpaired) electrons. The SMILES string of the molecule is c1ccc(N(c2ccc(-c3cccc4ccccc34)cc2)c2cc3ccccc3c3ccccc23)c(-c2cccc3c2oc2ccccc23)c1. The van der Waals surface area contributed by atoms with Gasteiger partial charge in [-0.15, -0.1) is 0 Å². The summed E-state index contributed by atoms with van der Waals surface area (Å²) >= 11 is 0. The van der Waals surface area contributed by atoms with Gasteiger partial charge in [-0.2, -0.15) is 0 Å². The zero-order valence-electron chi connectivity index (χ0n) is 27.3. The summed E-state index contributed by atoms with van der Waals surface area (Å²) in [4.78, 5) is 2.43. The van der Waals surface area contributed by atoms with Gasteiger partial charge in [0.15, 0.2) is 0 Å². The number of anilines is 3. The molecule has 0 saturated heterocycles. The molecule has 2 nitrogen and oxygen atoms in total. The molecule has 2 heteroatoms. The van der Waals surface area contributed by atoms with Crippen LogP contribution in [0.3, 0.4) is 0 Å². The average molecular weight is 638 g/mol. The third-order valence-electron chi connectivity index (χ3n) is 10.1. The number of nitrogens with zero attached hydrogens (tertiary/aromatic N) is 1. The van der Waals surface area contributed by atoms with Crippen LogP contribution in [-0.4, -0.2) is 0 Å².